The van der Waals surface area contributed by atoms with Gasteiger partial charge in [0.1, 0.15) is 5.82 Å². The largest absolute Gasteiger partial charge is 0.476 e. The zero-order valence-corrected chi connectivity index (χ0v) is 11.9. The fourth-order valence-electron chi connectivity index (χ4n) is 2.19. The molecule has 20 heavy (non-hydrogen) atoms. The Labute approximate surface area is 118 Å². The quantitative estimate of drug-likeness (QED) is 0.897. The monoisotopic (exact) mass is 273 g/mol. The predicted molar refractivity (Wildman–Crippen MR) is 78.7 cm³/mol. The van der Waals surface area contributed by atoms with Crippen LogP contribution < -0.4 is 5.73 Å². The van der Waals surface area contributed by atoms with Crippen molar-refractivity contribution in [1.82, 2.24) is 9.78 Å². The van der Waals surface area contributed by atoms with Crippen LogP contribution in [-0.4, -0.2) is 20.9 Å². The van der Waals surface area contributed by atoms with Crippen LogP contribution in [0, 0.1) is 0 Å². The van der Waals surface area contributed by atoms with Crippen molar-refractivity contribution in [2.75, 3.05) is 5.73 Å². The third-order valence-corrected chi connectivity index (χ3v) is 3.67. The molecule has 1 heterocycles. The van der Waals surface area contributed by atoms with E-state index in [4.69, 9.17) is 5.73 Å². The van der Waals surface area contributed by atoms with Crippen LogP contribution in [0.2, 0.25) is 0 Å². The van der Waals surface area contributed by atoms with Gasteiger partial charge in [0.05, 0.1) is 5.56 Å². The lowest BCUT2D eigenvalue weighted by Crippen LogP contribution is -2.00. The van der Waals surface area contributed by atoms with E-state index in [9.17, 15) is 9.90 Å². The van der Waals surface area contributed by atoms with Crippen LogP contribution >= 0.6 is 0 Å². The van der Waals surface area contributed by atoms with Gasteiger partial charge in [0.2, 0.25) is 0 Å². The number of hydrogen-bond donors (Lipinski definition) is 2. The Morgan fingerprint density at radius 1 is 1.40 bits per heavy atom. The highest BCUT2D eigenvalue weighted by atomic mass is 16.4. The number of aryl methyl sites for hydroxylation is 1. The molecule has 0 radical (unpaired) electrons. The Morgan fingerprint density at radius 3 is 2.50 bits per heavy atom. The maximum Gasteiger partial charge on any atom is 0.357 e. The highest BCUT2D eigenvalue weighted by Crippen LogP contribution is 2.30. The van der Waals surface area contributed by atoms with E-state index in [0.717, 1.165) is 12.0 Å². The zero-order valence-electron chi connectivity index (χ0n) is 11.9. The SMILES string of the molecule is CCC(C)c1ccc(-c2c(C(=O)O)nn(C)c2N)cc1. The third-order valence-electron chi connectivity index (χ3n) is 3.67. The Hall–Kier alpha value is -2.30. The van der Waals surface area contributed by atoms with E-state index in [1.54, 1.807) is 7.05 Å². The van der Waals surface area contributed by atoms with Crippen LogP contribution in [-0.2, 0) is 7.05 Å². The summed E-state index contributed by atoms with van der Waals surface area (Å²) < 4.78 is 1.39. The van der Waals surface area contributed by atoms with Gasteiger partial charge in [-0.15, -0.1) is 0 Å². The topological polar surface area (TPSA) is 81.1 Å². The van der Waals surface area contributed by atoms with Gasteiger partial charge in [-0.1, -0.05) is 38.1 Å². The summed E-state index contributed by atoms with van der Waals surface area (Å²) in [4.78, 5) is 11.3. The highest BCUT2D eigenvalue weighted by molar-refractivity contribution is 5.97. The van der Waals surface area contributed by atoms with E-state index in [-0.39, 0.29) is 5.69 Å². The number of aromatic nitrogens is 2. The maximum atomic E-state index is 11.3. The van der Waals surface area contributed by atoms with Gasteiger partial charge >= 0.3 is 5.97 Å². The summed E-state index contributed by atoms with van der Waals surface area (Å²) in [6, 6.07) is 7.84. The van der Waals surface area contributed by atoms with E-state index in [0.29, 0.717) is 17.3 Å². The Balaban J connectivity index is 2.49. The molecule has 1 atom stereocenters. The maximum absolute atomic E-state index is 11.3. The first-order valence-electron chi connectivity index (χ1n) is 6.61. The number of nitrogens with two attached hydrogens (primary N) is 1. The fraction of sp³-hybridized carbons (Fsp3) is 0.333. The Bertz CT molecular complexity index is 629. The van der Waals surface area contributed by atoms with E-state index >= 15 is 0 Å². The minimum atomic E-state index is -1.07. The van der Waals surface area contributed by atoms with Gasteiger partial charge in [-0.25, -0.2) is 4.79 Å². The second kappa shape index (κ2) is 5.36. The molecule has 2 aromatic rings. The lowest BCUT2D eigenvalue weighted by atomic mass is 9.96. The summed E-state index contributed by atoms with van der Waals surface area (Å²) >= 11 is 0. The van der Waals surface area contributed by atoms with E-state index in [1.165, 1.54) is 10.2 Å². The molecule has 5 nitrogen and oxygen atoms in total. The summed E-state index contributed by atoms with van der Waals surface area (Å²) in [5, 5.41) is 13.2. The lowest BCUT2D eigenvalue weighted by molar-refractivity contribution is 0.0690. The second-order valence-electron chi connectivity index (χ2n) is 4.97. The van der Waals surface area contributed by atoms with E-state index in [2.05, 4.69) is 18.9 Å². The standard InChI is InChI=1S/C15H19N3O2/c1-4-9(2)10-5-7-11(8-6-10)12-13(15(19)20)17-18(3)14(12)16/h5-9H,4,16H2,1-3H3,(H,19,20). The molecule has 3 N–H and O–H groups in total. The molecule has 5 heteroatoms. The van der Waals surface area contributed by atoms with Gasteiger partial charge in [-0.3, -0.25) is 4.68 Å². The molecule has 0 saturated carbocycles. The van der Waals surface area contributed by atoms with Gasteiger partial charge in [0, 0.05) is 7.05 Å². The zero-order chi connectivity index (χ0) is 14.9. The number of anilines is 1. The average molecular weight is 273 g/mol. The summed E-state index contributed by atoms with van der Waals surface area (Å²) in [5.41, 5.74) is 8.41. The Kier molecular flexibility index (Phi) is 3.79. The number of carboxylic acid groups (broad SMARTS) is 1. The minimum absolute atomic E-state index is 0.0127. The second-order valence-corrected chi connectivity index (χ2v) is 4.97. The Morgan fingerprint density at radius 2 is 2.00 bits per heavy atom. The van der Waals surface area contributed by atoms with Crippen LogP contribution in [0.5, 0.6) is 0 Å². The number of hydrogen-bond acceptors (Lipinski definition) is 3. The normalized spacial score (nSPS) is 12.3. The fourth-order valence-corrected chi connectivity index (χ4v) is 2.19. The van der Waals surface area contributed by atoms with E-state index < -0.39 is 5.97 Å². The van der Waals surface area contributed by atoms with Gasteiger partial charge < -0.3 is 10.8 Å². The molecule has 1 aromatic carbocycles. The van der Waals surface area contributed by atoms with Gasteiger partial charge in [-0.05, 0) is 23.5 Å². The highest BCUT2D eigenvalue weighted by Gasteiger charge is 2.21. The average Bonchev–Trinajstić information content (AvgIpc) is 2.74. The first-order valence-corrected chi connectivity index (χ1v) is 6.61. The van der Waals surface area contributed by atoms with Crippen LogP contribution in [0.4, 0.5) is 5.82 Å². The summed E-state index contributed by atoms with van der Waals surface area (Å²) in [6.45, 7) is 4.30. The molecular formula is C15H19N3O2. The van der Waals surface area contributed by atoms with Crippen molar-refractivity contribution in [1.29, 1.82) is 0 Å². The number of carboxylic acids is 1. The van der Waals surface area contributed by atoms with Crippen molar-refractivity contribution < 1.29 is 9.90 Å². The molecule has 1 aromatic heterocycles. The summed E-state index contributed by atoms with van der Waals surface area (Å²) in [5.74, 6) is -0.230. The van der Waals surface area contributed by atoms with Crippen molar-refractivity contribution in [3.05, 3.63) is 35.5 Å². The van der Waals surface area contributed by atoms with Crippen molar-refractivity contribution in [2.45, 2.75) is 26.2 Å². The first-order chi connectivity index (χ1) is 9.45. The number of aromatic carboxylic acids is 1. The van der Waals surface area contributed by atoms with Gasteiger partial charge in [-0.2, -0.15) is 5.10 Å². The smallest absolute Gasteiger partial charge is 0.357 e. The first kappa shape index (κ1) is 14.1. The van der Waals surface area contributed by atoms with Crippen LogP contribution in [0.25, 0.3) is 11.1 Å². The number of nitrogens with zero attached hydrogens (tertiary/aromatic N) is 2. The molecule has 2 rings (SSSR count). The van der Waals surface area contributed by atoms with Crippen LogP contribution in [0.3, 0.4) is 0 Å². The van der Waals surface area contributed by atoms with Crippen LogP contribution in [0.15, 0.2) is 24.3 Å². The molecule has 0 aliphatic carbocycles. The molecule has 0 fully saturated rings. The van der Waals surface area contributed by atoms with Crippen LogP contribution in [0.1, 0.15) is 42.2 Å². The molecule has 0 saturated heterocycles. The minimum Gasteiger partial charge on any atom is -0.476 e. The van der Waals surface area contributed by atoms with Crippen molar-refractivity contribution in [2.24, 2.45) is 7.05 Å². The van der Waals surface area contributed by atoms with Crippen molar-refractivity contribution >= 4 is 11.8 Å². The van der Waals surface area contributed by atoms with Gasteiger partial charge in [0.25, 0.3) is 0 Å². The molecule has 106 valence electrons. The number of carbonyl (C=O) groups is 1. The van der Waals surface area contributed by atoms with E-state index in [1.807, 2.05) is 24.3 Å². The molecule has 0 amide bonds. The summed E-state index contributed by atoms with van der Waals surface area (Å²) in [7, 11) is 1.64. The van der Waals surface area contributed by atoms with Gasteiger partial charge in [0.15, 0.2) is 5.69 Å². The molecular weight excluding hydrogens is 254 g/mol. The number of rotatable bonds is 4. The summed E-state index contributed by atoms with van der Waals surface area (Å²) in [6.07, 6.45) is 1.06. The third kappa shape index (κ3) is 2.39. The lowest BCUT2D eigenvalue weighted by Gasteiger charge is -2.10. The molecule has 0 spiro atoms. The van der Waals surface area contributed by atoms with Crippen molar-refractivity contribution in [3.63, 3.8) is 0 Å². The molecule has 0 bridgehead atoms. The molecule has 0 aliphatic heterocycles. The number of benzene rings is 1. The number of nitrogen functional groups attached to an aromatic ring is 1. The molecule has 1 unspecified atom stereocenters. The van der Waals surface area contributed by atoms with Crippen molar-refractivity contribution in [3.8, 4) is 11.1 Å². The predicted octanol–water partition coefficient (Wildman–Crippen LogP) is 2.88. The molecule has 0 aliphatic rings.